The van der Waals surface area contributed by atoms with E-state index in [1.165, 1.54) is 0 Å². The van der Waals surface area contributed by atoms with Crippen LogP contribution in [0.15, 0.2) is 10.6 Å². The van der Waals surface area contributed by atoms with Gasteiger partial charge in [0.15, 0.2) is 0 Å². The first-order valence-corrected chi connectivity index (χ1v) is 5.60. The van der Waals surface area contributed by atoms with Gasteiger partial charge in [-0.2, -0.15) is 0 Å². The molecule has 0 fully saturated rings. The molecule has 0 saturated heterocycles. The molecule has 0 spiro atoms. The van der Waals surface area contributed by atoms with Gasteiger partial charge >= 0.3 is 0 Å². The summed E-state index contributed by atoms with van der Waals surface area (Å²) in [6, 6.07) is 0. The fourth-order valence-corrected chi connectivity index (χ4v) is 1.62. The molecular formula is C11H13ClN4O. The Morgan fingerprint density at radius 3 is 2.71 bits per heavy atom. The molecule has 1 N–H and O–H groups in total. The number of anilines is 1. The molecule has 0 aliphatic carbocycles. The van der Waals surface area contributed by atoms with Crippen LogP contribution in [0.3, 0.4) is 0 Å². The maximum absolute atomic E-state index is 5.97. The molecule has 0 aromatic carbocycles. The van der Waals surface area contributed by atoms with Crippen LogP contribution in [0.4, 0.5) is 5.82 Å². The van der Waals surface area contributed by atoms with Crippen molar-refractivity contribution in [1.29, 1.82) is 0 Å². The van der Waals surface area contributed by atoms with Gasteiger partial charge in [0.1, 0.15) is 22.6 Å². The standard InChI is InChI=1S/C11H13ClN4O/c1-6-4-13-9(17-6)5-14-11-7(2)10(12)15-8(3)16-11/h4H,5H2,1-3H3,(H,14,15,16). The largest absolute Gasteiger partial charge is 0.444 e. The highest BCUT2D eigenvalue weighted by Gasteiger charge is 2.08. The maximum Gasteiger partial charge on any atom is 0.213 e. The van der Waals surface area contributed by atoms with Gasteiger partial charge in [-0.25, -0.2) is 15.0 Å². The molecule has 90 valence electrons. The number of aromatic nitrogens is 3. The fourth-order valence-electron chi connectivity index (χ4n) is 1.41. The molecule has 0 aliphatic heterocycles. The summed E-state index contributed by atoms with van der Waals surface area (Å²) in [5, 5.41) is 3.59. The SMILES string of the molecule is Cc1nc(Cl)c(C)c(NCc2ncc(C)o2)n1. The smallest absolute Gasteiger partial charge is 0.213 e. The van der Waals surface area contributed by atoms with Gasteiger partial charge in [0.25, 0.3) is 0 Å². The molecule has 6 heteroatoms. The topological polar surface area (TPSA) is 63.8 Å². The van der Waals surface area contributed by atoms with E-state index >= 15 is 0 Å². The van der Waals surface area contributed by atoms with Gasteiger partial charge in [0.05, 0.1) is 12.7 Å². The first-order chi connectivity index (χ1) is 8.06. The van der Waals surface area contributed by atoms with Crippen molar-refractivity contribution in [2.45, 2.75) is 27.3 Å². The number of halogens is 1. The van der Waals surface area contributed by atoms with E-state index in [1.807, 2.05) is 13.8 Å². The third-order valence-electron chi connectivity index (χ3n) is 2.27. The number of oxazole rings is 1. The van der Waals surface area contributed by atoms with Gasteiger partial charge in [-0.15, -0.1) is 0 Å². The Morgan fingerprint density at radius 1 is 1.29 bits per heavy atom. The van der Waals surface area contributed by atoms with Crippen LogP contribution in [0.5, 0.6) is 0 Å². The van der Waals surface area contributed by atoms with Gasteiger partial charge in [-0.05, 0) is 20.8 Å². The Kier molecular flexibility index (Phi) is 3.28. The van der Waals surface area contributed by atoms with Crippen LogP contribution >= 0.6 is 11.6 Å². The molecule has 17 heavy (non-hydrogen) atoms. The second-order valence-corrected chi connectivity index (χ2v) is 4.11. The lowest BCUT2D eigenvalue weighted by Gasteiger charge is -2.08. The summed E-state index contributed by atoms with van der Waals surface area (Å²) in [7, 11) is 0. The van der Waals surface area contributed by atoms with E-state index in [-0.39, 0.29) is 0 Å². The molecule has 0 aliphatic rings. The predicted octanol–water partition coefficient (Wildman–Crippen LogP) is 2.66. The Labute approximate surface area is 104 Å². The molecule has 2 aromatic heterocycles. The van der Waals surface area contributed by atoms with Crippen molar-refractivity contribution >= 4 is 17.4 Å². The summed E-state index contributed by atoms with van der Waals surface area (Å²) in [5.74, 6) is 2.75. The highest BCUT2D eigenvalue weighted by Crippen LogP contribution is 2.20. The summed E-state index contributed by atoms with van der Waals surface area (Å²) in [6.45, 7) is 5.99. The van der Waals surface area contributed by atoms with E-state index in [0.717, 1.165) is 11.3 Å². The van der Waals surface area contributed by atoms with Crippen LogP contribution in [0.25, 0.3) is 0 Å². The van der Waals surface area contributed by atoms with Crippen molar-refractivity contribution < 1.29 is 4.42 Å². The van der Waals surface area contributed by atoms with E-state index < -0.39 is 0 Å². The fraction of sp³-hybridized carbons (Fsp3) is 0.364. The van der Waals surface area contributed by atoms with Crippen LogP contribution in [-0.4, -0.2) is 15.0 Å². The van der Waals surface area contributed by atoms with E-state index in [0.29, 0.717) is 29.2 Å². The summed E-state index contributed by atoms with van der Waals surface area (Å²) in [4.78, 5) is 12.4. The summed E-state index contributed by atoms with van der Waals surface area (Å²) in [5.41, 5.74) is 0.820. The number of aryl methyl sites for hydroxylation is 2. The van der Waals surface area contributed by atoms with Crippen molar-refractivity contribution in [3.63, 3.8) is 0 Å². The van der Waals surface area contributed by atoms with Crippen molar-refractivity contribution in [2.75, 3.05) is 5.32 Å². The van der Waals surface area contributed by atoms with Gasteiger partial charge in [-0.3, -0.25) is 0 Å². The molecule has 0 saturated carbocycles. The minimum absolute atomic E-state index is 0.462. The molecule has 0 unspecified atom stereocenters. The maximum atomic E-state index is 5.97. The second-order valence-electron chi connectivity index (χ2n) is 3.75. The Bertz CT molecular complexity index is 538. The number of nitrogens with one attached hydrogen (secondary N) is 1. The minimum atomic E-state index is 0.462. The van der Waals surface area contributed by atoms with Gasteiger partial charge in [0, 0.05) is 5.56 Å². The molecule has 2 rings (SSSR count). The molecule has 0 amide bonds. The predicted molar refractivity (Wildman–Crippen MR) is 65.1 cm³/mol. The molecular weight excluding hydrogens is 240 g/mol. The van der Waals surface area contributed by atoms with E-state index in [9.17, 15) is 0 Å². The first-order valence-electron chi connectivity index (χ1n) is 5.22. The zero-order valence-corrected chi connectivity index (χ0v) is 10.7. The minimum Gasteiger partial charge on any atom is -0.444 e. The lowest BCUT2D eigenvalue weighted by molar-refractivity contribution is 0.478. The molecule has 2 aromatic rings. The van der Waals surface area contributed by atoms with Crippen LogP contribution in [-0.2, 0) is 6.54 Å². The van der Waals surface area contributed by atoms with Crippen molar-refractivity contribution in [1.82, 2.24) is 15.0 Å². The van der Waals surface area contributed by atoms with Gasteiger partial charge in [0.2, 0.25) is 5.89 Å². The van der Waals surface area contributed by atoms with Crippen LogP contribution in [0, 0.1) is 20.8 Å². The van der Waals surface area contributed by atoms with E-state index in [2.05, 4.69) is 20.3 Å². The third kappa shape index (κ3) is 2.74. The van der Waals surface area contributed by atoms with Crippen LogP contribution < -0.4 is 5.32 Å². The van der Waals surface area contributed by atoms with Crippen LogP contribution in [0.1, 0.15) is 23.0 Å². The third-order valence-corrected chi connectivity index (χ3v) is 2.64. The molecule has 2 heterocycles. The van der Waals surface area contributed by atoms with E-state index in [4.69, 9.17) is 16.0 Å². The van der Waals surface area contributed by atoms with Gasteiger partial charge in [-0.1, -0.05) is 11.6 Å². The summed E-state index contributed by atoms with van der Waals surface area (Å²) in [6.07, 6.45) is 1.68. The number of nitrogens with zero attached hydrogens (tertiary/aromatic N) is 3. The highest BCUT2D eigenvalue weighted by atomic mass is 35.5. The second kappa shape index (κ2) is 4.71. The van der Waals surface area contributed by atoms with Crippen molar-refractivity contribution in [3.8, 4) is 0 Å². The Hall–Kier alpha value is -1.62. The summed E-state index contributed by atoms with van der Waals surface area (Å²) >= 11 is 5.97. The lowest BCUT2D eigenvalue weighted by Crippen LogP contribution is -2.06. The molecule has 5 nitrogen and oxygen atoms in total. The number of rotatable bonds is 3. The quantitative estimate of drug-likeness (QED) is 0.851. The lowest BCUT2D eigenvalue weighted by atomic mass is 10.3. The zero-order chi connectivity index (χ0) is 12.4. The normalized spacial score (nSPS) is 10.6. The van der Waals surface area contributed by atoms with Crippen molar-refractivity contribution in [3.05, 3.63) is 34.4 Å². The average molecular weight is 253 g/mol. The average Bonchev–Trinajstić information content (AvgIpc) is 2.67. The van der Waals surface area contributed by atoms with Crippen LogP contribution in [0.2, 0.25) is 5.15 Å². The first kappa shape index (κ1) is 11.9. The highest BCUT2D eigenvalue weighted by molar-refractivity contribution is 6.30. The molecule has 0 bridgehead atoms. The Balaban J connectivity index is 2.14. The molecule has 0 atom stereocenters. The molecule has 0 radical (unpaired) electrons. The monoisotopic (exact) mass is 252 g/mol. The number of hydrogen-bond donors (Lipinski definition) is 1. The Morgan fingerprint density at radius 2 is 2.06 bits per heavy atom. The van der Waals surface area contributed by atoms with E-state index in [1.54, 1.807) is 13.1 Å². The van der Waals surface area contributed by atoms with Crippen molar-refractivity contribution in [2.24, 2.45) is 0 Å². The van der Waals surface area contributed by atoms with Gasteiger partial charge < -0.3 is 9.73 Å². The summed E-state index contributed by atoms with van der Waals surface area (Å²) < 4.78 is 5.36. The number of hydrogen-bond acceptors (Lipinski definition) is 5. The zero-order valence-electron chi connectivity index (χ0n) is 9.91.